The molecule has 0 aromatic heterocycles. The first-order valence-electron chi connectivity index (χ1n) is 10.8. The maximum atomic E-state index is 12.7. The molecule has 2 aromatic carbocycles. The number of aliphatic hydroxyl groups is 1. The number of likely N-dealkylation sites (tertiary alicyclic amines) is 1. The van der Waals surface area contributed by atoms with Gasteiger partial charge in [-0.25, -0.2) is 0 Å². The summed E-state index contributed by atoms with van der Waals surface area (Å²) >= 11 is 0. The molecule has 6 nitrogen and oxygen atoms in total. The van der Waals surface area contributed by atoms with Crippen molar-refractivity contribution in [1.82, 2.24) is 10.2 Å². The Labute approximate surface area is 177 Å². The van der Waals surface area contributed by atoms with E-state index in [4.69, 9.17) is 9.47 Å². The fraction of sp³-hybridized carbons (Fsp3) is 0.458. The van der Waals surface area contributed by atoms with Gasteiger partial charge in [0.25, 0.3) is 0 Å². The molecule has 1 fully saturated rings. The van der Waals surface area contributed by atoms with Crippen LogP contribution >= 0.6 is 0 Å². The summed E-state index contributed by atoms with van der Waals surface area (Å²) in [7, 11) is 0. The molecule has 2 aromatic rings. The van der Waals surface area contributed by atoms with Crippen molar-refractivity contribution < 1.29 is 19.4 Å². The van der Waals surface area contributed by atoms with Crippen LogP contribution in [-0.2, 0) is 17.6 Å². The van der Waals surface area contributed by atoms with Crippen molar-refractivity contribution >= 4 is 5.91 Å². The lowest BCUT2D eigenvalue weighted by Gasteiger charge is -2.26. The molecule has 2 aliphatic rings. The second-order valence-electron chi connectivity index (χ2n) is 8.10. The number of ether oxygens (including phenoxy) is 2. The summed E-state index contributed by atoms with van der Waals surface area (Å²) in [6.45, 7) is 4.01. The molecule has 4 rings (SSSR count). The molecular weight excluding hydrogens is 380 g/mol. The van der Waals surface area contributed by atoms with Crippen molar-refractivity contribution in [3.05, 3.63) is 59.7 Å². The minimum atomic E-state index is -1.06. The highest BCUT2D eigenvalue weighted by molar-refractivity contribution is 5.81. The quantitative estimate of drug-likeness (QED) is 0.698. The molecule has 1 amide bonds. The minimum Gasteiger partial charge on any atom is -0.486 e. The van der Waals surface area contributed by atoms with E-state index in [-0.39, 0.29) is 11.9 Å². The topological polar surface area (TPSA) is 71.0 Å². The van der Waals surface area contributed by atoms with Gasteiger partial charge in [-0.15, -0.1) is 0 Å². The number of carbonyl (C=O) groups excluding carboxylic acids is 1. The number of hydrogen-bond donors (Lipinski definition) is 2. The van der Waals surface area contributed by atoms with Crippen LogP contribution in [0.5, 0.6) is 11.5 Å². The maximum absolute atomic E-state index is 12.7. The largest absolute Gasteiger partial charge is 0.486 e. The SMILES string of the molecule is O=C(NC(Cc1ccc2c(c1)OCCO2)CN1CCCC1)[C@@H](O)Cc1ccccc1. The van der Waals surface area contributed by atoms with E-state index in [1.54, 1.807) is 0 Å². The summed E-state index contributed by atoms with van der Waals surface area (Å²) in [5.41, 5.74) is 2.03. The third-order valence-corrected chi connectivity index (χ3v) is 5.69. The number of nitrogens with zero attached hydrogens (tertiary/aromatic N) is 1. The average molecular weight is 411 g/mol. The second-order valence-corrected chi connectivity index (χ2v) is 8.10. The van der Waals surface area contributed by atoms with Crippen molar-refractivity contribution in [3.63, 3.8) is 0 Å². The Morgan fingerprint density at radius 2 is 1.70 bits per heavy atom. The fourth-order valence-electron chi connectivity index (χ4n) is 4.16. The van der Waals surface area contributed by atoms with E-state index in [2.05, 4.69) is 10.2 Å². The van der Waals surface area contributed by atoms with Crippen LogP contribution in [0.1, 0.15) is 24.0 Å². The Morgan fingerprint density at radius 3 is 2.47 bits per heavy atom. The van der Waals surface area contributed by atoms with Crippen molar-refractivity contribution in [2.75, 3.05) is 32.8 Å². The lowest BCUT2D eigenvalue weighted by molar-refractivity contribution is -0.130. The Kier molecular flexibility index (Phi) is 6.87. The predicted molar refractivity (Wildman–Crippen MR) is 115 cm³/mol. The molecule has 1 saturated heterocycles. The Balaban J connectivity index is 1.42. The zero-order valence-corrected chi connectivity index (χ0v) is 17.3. The van der Waals surface area contributed by atoms with Gasteiger partial charge >= 0.3 is 0 Å². The maximum Gasteiger partial charge on any atom is 0.249 e. The Bertz CT molecular complexity index is 836. The monoisotopic (exact) mass is 410 g/mol. The van der Waals surface area contributed by atoms with Gasteiger partial charge in [0.1, 0.15) is 19.3 Å². The van der Waals surface area contributed by atoms with Crippen LogP contribution in [0.15, 0.2) is 48.5 Å². The van der Waals surface area contributed by atoms with E-state index in [0.717, 1.165) is 42.3 Å². The van der Waals surface area contributed by atoms with Crippen molar-refractivity contribution in [1.29, 1.82) is 0 Å². The van der Waals surface area contributed by atoms with Crippen LogP contribution in [0, 0.1) is 0 Å². The Morgan fingerprint density at radius 1 is 0.967 bits per heavy atom. The molecule has 30 heavy (non-hydrogen) atoms. The number of aliphatic hydroxyl groups excluding tert-OH is 1. The fourth-order valence-corrected chi connectivity index (χ4v) is 4.16. The predicted octanol–water partition coefficient (Wildman–Crippen LogP) is 2.18. The molecule has 0 spiro atoms. The summed E-state index contributed by atoms with van der Waals surface area (Å²) < 4.78 is 11.3. The molecule has 2 atom stereocenters. The summed E-state index contributed by atoms with van der Waals surface area (Å²) in [5, 5.41) is 13.5. The number of carbonyl (C=O) groups is 1. The minimum absolute atomic E-state index is 0.0800. The van der Waals surface area contributed by atoms with Crippen molar-refractivity contribution in [2.24, 2.45) is 0 Å². The van der Waals surface area contributed by atoms with Crippen LogP contribution in [0.2, 0.25) is 0 Å². The molecular formula is C24H30N2O4. The molecule has 1 unspecified atom stereocenters. The normalized spacial score (nSPS) is 18.0. The van der Waals surface area contributed by atoms with Crippen LogP contribution < -0.4 is 14.8 Å². The zero-order valence-electron chi connectivity index (χ0n) is 17.3. The number of rotatable bonds is 8. The summed E-state index contributed by atoms with van der Waals surface area (Å²) in [6, 6.07) is 15.5. The van der Waals surface area contributed by atoms with Crippen LogP contribution in [0.25, 0.3) is 0 Å². The first kappa shape index (κ1) is 20.7. The van der Waals surface area contributed by atoms with Gasteiger partial charge < -0.3 is 24.8 Å². The van der Waals surface area contributed by atoms with E-state index in [0.29, 0.717) is 26.1 Å². The van der Waals surface area contributed by atoms with Gasteiger partial charge in [-0.2, -0.15) is 0 Å². The van der Waals surface area contributed by atoms with E-state index < -0.39 is 6.10 Å². The number of amides is 1. The highest BCUT2D eigenvalue weighted by Gasteiger charge is 2.24. The highest BCUT2D eigenvalue weighted by atomic mass is 16.6. The molecule has 160 valence electrons. The average Bonchev–Trinajstić information content (AvgIpc) is 3.27. The van der Waals surface area contributed by atoms with Gasteiger partial charge in [0.2, 0.25) is 5.91 Å². The summed E-state index contributed by atoms with van der Waals surface area (Å²) in [5.74, 6) is 1.21. The standard InChI is InChI=1S/C24H30N2O4/c27-21(15-18-6-2-1-3-7-18)24(28)25-20(17-26-10-4-5-11-26)14-19-8-9-22-23(16-19)30-13-12-29-22/h1-3,6-9,16,20-21,27H,4-5,10-15,17H2,(H,25,28)/t20?,21-/m0/s1. The zero-order chi connectivity index (χ0) is 20.8. The summed E-state index contributed by atoms with van der Waals surface area (Å²) in [4.78, 5) is 15.1. The first-order chi connectivity index (χ1) is 14.7. The van der Waals surface area contributed by atoms with Gasteiger partial charge in [0.05, 0.1) is 0 Å². The van der Waals surface area contributed by atoms with Gasteiger partial charge in [-0.3, -0.25) is 4.79 Å². The number of benzene rings is 2. The van der Waals surface area contributed by atoms with E-state index >= 15 is 0 Å². The lowest BCUT2D eigenvalue weighted by atomic mass is 10.0. The number of nitrogens with one attached hydrogen (secondary N) is 1. The molecule has 2 N–H and O–H groups in total. The second kappa shape index (κ2) is 9.96. The van der Waals surface area contributed by atoms with Crippen LogP contribution in [-0.4, -0.2) is 60.9 Å². The molecule has 6 heteroatoms. The van der Waals surface area contributed by atoms with Gasteiger partial charge in [0, 0.05) is 19.0 Å². The smallest absolute Gasteiger partial charge is 0.249 e. The van der Waals surface area contributed by atoms with Crippen molar-refractivity contribution in [2.45, 2.75) is 37.8 Å². The molecule has 2 aliphatic heterocycles. The number of fused-ring (bicyclic) bond motifs is 1. The molecule has 0 radical (unpaired) electrons. The van der Waals surface area contributed by atoms with E-state index in [1.807, 2.05) is 48.5 Å². The molecule has 2 heterocycles. The number of hydrogen-bond acceptors (Lipinski definition) is 5. The molecule has 0 saturated carbocycles. The highest BCUT2D eigenvalue weighted by Crippen LogP contribution is 2.31. The van der Waals surface area contributed by atoms with E-state index in [1.165, 1.54) is 12.8 Å². The molecule has 0 bridgehead atoms. The van der Waals surface area contributed by atoms with Crippen LogP contribution in [0.3, 0.4) is 0 Å². The van der Waals surface area contributed by atoms with Gasteiger partial charge in [-0.1, -0.05) is 36.4 Å². The summed E-state index contributed by atoms with van der Waals surface area (Å²) in [6.07, 6.45) is 2.32. The lowest BCUT2D eigenvalue weighted by Crippen LogP contribution is -2.48. The van der Waals surface area contributed by atoms with Gasteiger partial charge in [-0.05, 0) is 55.6 Å². The van der Waals surface area contributed by atoms with Gasteiger partial charge in [0.15, 0.2) is 11.5 Å². The Hall–Kier alpha value is -2.57. The van der Waals surface area contributed by atoms with Crippen LogP contribution in [0.4, 0.5) is 0 Å². The van der Waals surface area contributed by atoms with E-state index in [9.17, 15) is 9.90 Å². The third-order valence-electron chi connectivity index (χ3n) is 5.69. The molecule has 0 aliphatic carbocycles. The van der Waals surface area contributed by atoms with Crippen molar-refractivity contribution in [3.8, 4) is 11.5 Å². The third kappa shape index (κ3) is 5.52. The first-order valence-corrected chi connectivity index (χ1v) is 10.8.